The first-order valence-corrected chi connectivity index (χ1v) is 5.97. The molecule has 0 saturated carbocycles. The second kappa shape index (κ2) is 8.01. The minimum Gasteiger partial charge on any atom is -0.396 e. The highest BCUT2D eigenvalue weighted by atomic mass is 16.3. The van der Waals surface area contributed by atoms with Gasteiger partial charge in [-0.3, -0.25) is 0 Å². The standard InChI is InChI=1S/C12H25O4/c1-3-12(16,6-4-7-13)11(5-8-14)9-10(2)15/h10,13-16H,3-9H2,1-2H3. The van der Waals surface area contributed by atoms with Gasteiger partial charge < -0.3 is 20.4 Å². The predicted octanol–water partition coefficient (Wildman–Crippen LogP) is 0.628. The highest BCUT2D eigenvalue weighted by molar-refractivity contribution is 5.08. The molecule has 4 nitrogen and oxygen atoms in total. The normalized spacial score (nSPS) is 17.4. The van der Waals surface area contributed by atoms with E-state index in [2.05, 4.69) is 0 Å². The molecule has 0 heterocycles. The molecule has 16 heavy (non-hydrogen) atoms. The highest BCUT2D eigenvalue weighted by Crippen LogP contribution is 2.34. The van der Waals surface area contributed by atoms with Crippen LogP contribution in [-0.2, 0) is 0 Å². The number of hydrogen-bond acceptors (Lipinski definition) is 4. The molecule has 0 aliphatic carbocycles. The summed E-state index contributed by atoms with van der Waals surface area (Å²) in [5, 5.41) is 37.6. The maximum atomic E-state index is 10.4. The molecule has 0 amide bonds. The topological polar surface area (TPSA) is 80.9 Å². The summed E-state index contributed by atoms with van der Waals surface area (Å²) in [4.78, 5) is 0. The highest BCUT2D eigenvalue weighted by Gasteiger charge is 2.35. The van der Waals surface area contributed by atoms with Crippen molar-refractivity contribution in [1.29, 1.82) is 0 Å². The van der Waals surface area contributed by atoms with Gasteiger partial charge in [-0.15, -0.1) is 0 Å². The number of hydrogen-bond donors (Lipinski definition) is 4. The smallest absolute Gasteiger partial charge is 0.0710 e. The minimum atomic E-state index is -0.970. The molecule has 0 aromatic carbocycles. The molecule has 0 aliphatic heterocycles. The molecule has 0 spiro atoms. The van der Waals surface area contributed by atoms with Crippen LogP contribution >= 0.6 is 0 Å². The van der Waals surface area contributed by atoms with Crippen molar-refractivity contribution in [3.05, 3.63) is 5.92 Å². The lowest BCUT2D eigenvalue weighted by molar-refractivity contribution is 0.0143. The molecule has 0 aromatic rings. The molecule has 4 N–H and O–H groups in total. The first-order valence-electron chi connectivity index (χ1n) is 5.97. The summed E-state index contributed by atoms with van der Waals surface area (Å²) < 4.78 is 0. The van der Waals surface area contributed by atoms with Crippen molar-refractivity contribution in [2.75, 3.05) is 13.2 Å². The van der Waals surface area contributed by atoms with E-state index in [0.717, 1.165) is 5.92 Å². The largest absolute Gasteiger partial charge is 0.396 e. The molecule has 0 aromatic heterocycles. The van der Waals surface area contributed by atoms with Gasteiger partial charge in [0.1, 0.15) is 0 Å². The lowest BCUT2D eigenvalue weighted by atomic mass is 9.77. The van der Waals surface area contributed by atoms with Gasteiger partial charge in [0, 0.05) is 19.1 Å². The van der Waals surface area contributed by atoms with Crippen molar-refractivity contribution < 1.29 is 20.4 Å². The van der Waals surface area contributed by atoms with Crippen LogP contribution in [0.25, 0.3) is 0 Å². The van der Waals surface area contributed by atoms with Gasteiger partial charge >= 0.3 is 0 Å². The van der Waals surface area contributed by atoms with Crippen molar-refractivity contribution in [3.8, 4) is 0 Å². The van der Waals surface area contributed by atoms with Gasteiger partial charge in [0.05, 0.1) is 11.7 Å². The zero-order valence-corrected chi connectivity index (χ0v) is 10.3. The van der Waals surface area contributed by atoms with E-state index in [9.17, 15) is 10.2 Å². The maximum absolute atomic E-state index is 10.4. The molecule has 0 rings (SSSR count). The molecule has 0 bridgehead atoms. The fraction of sp³-hybridized carbons (Fsp3) is 0.917. The Bertz CT molecular complexity index is 172. The fourth-order valence-electron chi connectivity index (χ4n) is 1.99. The van der Waals surface area contributed by atoms with E-state index < -0.39 is 11.7 Å². The van der Waals surface area contributed by atoms with Gasteiger partial charge in [-0.1, -0.05) is 6.92 Å². The maximum Gasteiger partial charge on any atom is 0.0710 e. The van der Waals surface area contributed by atoms with Gasteiger partial charge in [-0.05, 0) is 39.0 Å². The summed E-state index contributed by atoms with van der Waals surface area (Å²) in [6.45, 7) is 3.56. The lowest BCUT2D eigenvalue weighted by Gasteiger charge is -2.35. The van der Waals surface area contributed by atoms with Crippen LogP contribution in [0, 0.1) is 5.92 Å². The molecular weight excluding hydrogens is 208 g/mol. The van der Waals surface area contributed by atoms with Gasteiger partial charge in [-0.25, -0.2) is 0 Å². The third-order valence-corrected chi connectivity index (χ3v) is 2.95. The molecule has 0 aliphatic rings. The quantitative estimate of drug-likeness (QED) is 0.471. The summed E-state index contributed by atoms with van der Waals surface area (Å²) in [7, 11) is 0. The first-order chi connectivity index (χ1) is 7.50. The molecule has 0 fully saturated rings. The molecule has 1 radical (unpaired) electrons. The molecule has 97 valence electrons. The van der Waals surface area contributed by atoms with Crippen molar-refractivity contribution in [1.82, 2.24) is 0 Å². The summed E-state index contributed by atoms with van der Waals surface area (Å²) in [6.07, 6.45) is 1.82. The second-order valence-corrected chi connectivity index (χ2v) is 4.34. The van der Waals surface area contributed by atoms with Gasteiger partial charge in [0.25, 0.3) is 0 Å². The number of aliphatic hydroxyl groups excluding tert-OH is 3. The van der Waals surface area contributed by atoms with Crippen LogP contribution in [0.2, 0.25) is 0 Å². The Morgan fingerprint density at radius 3 is 2.25 bits per heavy atom. The second-order valence-electron chi connectivity index (χ2n) is 4.34. The number of aliphatic hydroxyl groups is 4. The van der Waals surface area contributed by atoms with Gasteiger partial charge in [0.2, 0.25) is 0 Å². The Balaban J connectivity index is 4.52. The molecule has 2 unspecified atom stereocenters. The van der Waals surface area contributed by atoms with Crippen molar-refractivity contribution in [2.24, 2.45) is 0 Å². The van der Waals surface area contributed by atoms with E-state index in [0.29, 0.717) is 32.1 Å². The lowest BCUT2D eigenvalue weighted by Crippen LogP contribution is -2.38. The Hall–Kier alpha value is -0.160. The van der Waals surface area contributed by atoms with Crippen LogP contribution < -0.4 is 0 Å². The SMILES string of the molecule is CCC(O)(CCCO)[C](CCO)CC(C)O. The van der Waals surface area contributed by atoms with Crippen LogP contribution in [0.5, 0.6) is 0 Å². The predicted molar refractivity (Wildman–Crippen MR) is 62.8 cm³/mol. The first kappa shape index (κ1) is 15.8. The van der Waals surface area contributed by atoms with Crippen LogP contribution in [0.4, 0.5) is 0 Å². The van der Waals surface area contributed by atoms with Crippen LogP contribution in [0.1, 0.15) is 46.0 Å². The van der Waals surface area contributed by atoms with Crippen LogP contribution in [0.15, 0.2) is 0 Å². The summed E-state index contributed by atoms with van der Waals surface area (Å²) in [6, 6.07) is 0. The van der Waals surface area contributed by atoms with Crippen molar-refractivity contribution >= 4 is 0 Å². The minimum absolute atomic E-state index is 0.0243. The van der Waals surface area contributed by atoms with Gasteiger partial charge in [0.15, 0.2) is 0 Å². The monoisotopic (exact) mass is 233 g/mol. The summed E-state index contributed by atoms with van der Waals surface area (Å²) in [5.41, 5.74) is -0.970. The Labute approximate surface area is 97.9 Å². The van der Waals surface area contributed by atoms with E-state index in [4.69, 9.17) is 10.2 Å². The average Bonchev–Trinajstić information content (AvgIpc) is 2.25. The zero-order valence-electron chi connectivity index (χ0n) is 10.3. The fourth-order valence-corrected chi connectivity index (χ4v) is 1.99. The van der Waals surface area contributed by atoms with E-state index in [1.165, 1.54) is 0 Å². The zero-order chi connectivity index (χ0) is 12.6. The average molecular weight is 233 g/mol. The molecule has 0 saturated heterocycles. The van der Waals surface area contributed by atoms with Crippen molar-refractivity contribution in [2.45, 2.75) is 57.7 Å². The molecular formula is C12H25O4. The Kier molecular flexibility index (Phi) is 7.93. The molecule has 4 heteroatoms. The van der Waals surface area contributed by atoms with Crippen LogP contribution in [-0.4, -0.2) is 45.3 Å². The van der Waals surface area contributed by atoms with Crippen LogP contribution in [0.3, 0.4) is 0 Å². The number of rotatable bonds is 9. The van der Waals surface area contributed by atoms with E-state index in [1.54, 1.807) is 6.92 Å². The third kappa shape index (κ3) is 5.25. The third-order valence-electron chi connectivity index (χ3n) is 2.95. The van der Waals surface area contributed by atoms with E-state index in [1.807, 2.05) is 6.92 Å². The van der Waals surface area contributed by atoms with Gasteiger partial charge in [-0.2, -0.15) is 0 Å². The Morgan fingerprint density at radius 1 is 1.25 bits per heavy atom. The van der Waals surface area contributed by atoms with E-state index >= 15 is 0 Å². The summed E-state index contributed by atoms with van der Waals surface area (Å²) >= 11 is 0. The van der Waals surface area contributed by atoms with E-state index in [-0.39, 0.29) is 13.2 Å². The Morgan fingerprint density at radius 2 is 1.88 bits per heavy atom. The van der Waals surface area contributed by atoms with Crippen molar-refractivity contribution in [3.63, 3.8) is 0 Å². The molecule has 2 atom stereocenters. The summed E-state index contributed by atoms with van der Waals surface area (Å²) in [5.74, 6) is 0.779.